The molecule has 0 unspecified atom stereocenters. The van der Waals surface area contributed by atoms with Crippen LogP contribution in [-0.2, 0) is 0 Å². The van der Waals surface area contributed by atoms with Crippen molar-refractivity contribution in [3.63, 3.8) is 0 Å². The normalized spacial score (nSPS) is 10.5. The standard InChI is InChI=1S/C42H34N4O7/c1-26(47)27-5-3-6-28(23-27)42(51)46-38-25-33(13-22-39(38)48)45-41(50)30-8-4-7-29(24-30)40(49)44-32-11-16-35(17-12-32)53-37-20-18-36(19-21-37)52-34-14-9-31(43-2)10-15-34/h3-25,43,48H,1-2H3,(H,44,49)(H,45,50)(H,46,51). The van der Waals surface area contributed by atoms with Crippen LogP contribution in [-0.4, -0.2) is 35.7 Å². The molecule has 0 spiro atoms. The van der Waals surface area contributed by atoms with Crippen LogP contribution in [0.4, 0.5) is 22.7 Å². The minimum absolute atomic E-state index is 0.0561. The molecule has 3 amide bonds. The predicted molar refractivity (Wildman–Crippen MR) is 204 cm³/mol. The number of rotatable bonds is 12. The van der Waals surface area contributed by atoms with Crippen LogP contribution in [0, 0.1) is 0 Å². The smallest absolute Gasteiger partial charge is 0.255 e. The van der Waals surface area contributed by atoms with E-state index in [0.29, 0.717) is 34.2 Å². The molecule has 0 fully saturated rings. The van der Waals surface area contributed by atoms with E-state index in [0.717, 1.165) is 5.69 Å². The van der Waals surface area contributed by atoms with Gasteiger partial charge in [0.15, 0.2) is 5.78 Å². The molecule has 6 aromatic carbocycles. The fourth-order valence-corrected chi connectivity index (χ4v) is 5.14. The highest BCUT2D eigenvalue weighted by molar-refractivity contribution is 6.10. The zero-order chi connectivity index (χ0) is 37.3. The maximum absolute atomic E-state index is 13.2. The lowest BCUT2D eigenvalue weighted by Gasteiger charge is -2.12. The van der Waals surface area contributed by atoms with Gasteiger partial charge in [0.25, 0.3) is 17.7 Å². The van der Waals surface area contributed by atoms with Crippen molar-refractivity contribution in [3.8, 4) is 28.7 Å². The lowest BCUT2D eigenvalue weighted by molar-refractivity contribution is 0.100. The minimum Gasteiger partial charge on any atom is -0.506 e. The van der Waals surface area contributed by atoms with Gasteiger partial charge in [-0.2, -0.15) is 0 Å². The molecule has 0 radical (unpaired) electrons. The van der Waals surface area contributed by atoms with Crippen LogP contribution in [0.5, 0.6) is 28.7 Å². The van der Waals surface area contributed by atoms with E-state index in [1.54, 1.807) is 72.8 Å². The van der Waals surface area contributed by atoms with Gasteiger partial charge >= 0.3 is 0 Å². The lowest BCUT2D eigenvalue weighted by Crippen LogP contribution is -2.16. The van der Waals surface area contributed by atoms with E-state index >= 15 is 0 Å². The van der Waals surface area contributed by atoms with E-state index in [2.05, 4.69) is 21.3 Å². The van der Waals surface area contributed by atoms with Crippen molar-refractivity contribution in [2.75, 3.05) is 28.3 Å². The zero-order valence-corrected chi connectivity index (χ0v) is 28.7. The summed E-state index contributed by atoms with van der Waals surface area (Å²) in [7, 11) is 1.86. The number of anilines is 4. The molecule has 5 N–H and O–H groups in total. The summed E-state index contributed by atoms with van der Waals surface area (Å²) in [5.74, 6) is 0.673. The number of nitrogens with one attached hydrogen (secondary N) is 4. The zero-order valence-electron chi connectivity index (χ0n) is 28.7. The number of aromatic hydroxyl groups is 1. The fraction of sp³-hybridized carbons (Fsp3) is 0.0476. The van der Waals surface area contributed by atoms with Crippen LogP contribution in [0.3, 0.4) is 0 Å². The number of Topliss-reactive ketones (excluding diaryl/α,β-unsaturated/α-hetero) is 1. The summed E-state index contributed by atoms with van der Waals surface area (Å²) >= 11 is 0. The third kappa shape index (κ3) is 9.24. The van der Waals surface area contributed by atoms with Crippen molar-refractivity contribution in [2.45, 2.75) is 6.92 Å². The Bertz CT molecular complexity index is 2290. The Morgan fingerprint density at radius 3 is 1.36 bits per heavy atom. The molecule has 0 aromatic heterocycles. The van der Waals surface area contributed by atoms with Crippen molar-refractivity contribution < 1.29 is 33.8 Å². The van der Waals surface area contributed by atoms with Crippen LogP contribution < -0.4 is 30.7 Å². The lowest BCUT2D eigenvalue weighted by atomic mass is 10.1. The van der Waals surface area contributed by atoms with E-state index in [1.165, 1.54) is 37.3 Å². The molecule has 264 valence electrons. The average molecular weight is 707 g/mol. The summed E-state index contributed by atoms with van der Waals surface area (Å²) in [4.78, 5) is 50.8. The summed E-state index contributed by atoms with van der Waals surface area (Å²) in [6.45, 7) is 1.40. The second-order valence-electron chi connectivity index (χ2n) is 11.8. The molecule has 0 saturated heterocycles. The maximum Gasteiger partial charge on any atom is 0.255 e. The number of phenols is 1. The molecule has 0 atom stereocenters. The molecule has 53 heavy (non-hydrogen) atoms. The van der Waals surface area contributed by atoms with Gasteiger partial charge in [-0.05, 0) is 128 Å². The number of ether oxygens (including phenoxy) is 2. The van der Waals surface area contributed by atoms with Gasteiger partial charge in [-0.1, -0.05) is 18.2 Å². The monoisotopic (exact) mass is 706 g/mol. The maximum atomic E-state index is 13.2. The van der Waals surface area contributed by atoms with Crippen LogP contribution in [0.25, 0.3) is 0 Å². The molecular formula is C42H34N4O7. The van der Waals surface area contributed by atoms with Crippen molar-refractivity contribution >= 4 is 46.3 Å². The largest absolute Gasteiger partial charge is 0.506 e. The van der Waals surface area contributed by atoms with Gasteiger partial charge in [0.05, 0.1) is 5.69 Å². The molecule has 0 heterocycles. The number of carbonyl (C=O) groups excluding carboxylic acids is 4. The van der Waals surface area contributed by atoms with Crippen molar-refractivity contribution in [2.24, 2.45) is 0 Å². The van der Waals surface area contributed by atoms with Gasteiger partial charge in [0, 0.05) is 46.4 Å². The third-order valence-electron chi connectivity index (χ3n) is 7.97. The predicted octanol–water partition coefficient (Wildman–Crippen LogP) is 8.98. The first kappa shape index (κ1) is 35.4. The summed E-state index contributed by atoms with van der Waals surface area (Å²) < 4.78 is 11.8. The first-order valence-electron chi connectivity index (χ1n) is 16.5. The van der Waals surface area contributed by atoms with Crippen LogP contribution in [0.2, 0.25) is 0 Å². The first-order valence-corrected chi connectivity index (χ1v) is 16.5. The molecule has 0 aliphatic carbocycles. The Hall–Kier alpha value is -7.40. The summed E-state index contributed by atoms with van der Waals surface area (Å²) in [6, 6.07) is 38.3. The van der Waals surface area contributed by atoms with Gasteiger partial charge in [-0.25, -0.2) is 0 Å². The van der Waals surface area contributed by atoms with Gasteiger partial charge in [0.2, 0.25) is 0 Å². The highest BCUT2D eigenvalue weighted by atomic mass is 16.5. The number of hydrogen-bond acceptors (Lipinski definition) is 8. The molecule has 0 aliphatic heterocycles. The minimum atomic E-state index is -0.545. The number of phenolic OH excluding ortho intramolecular Hbond substituents is 1. The quantitative estimate of drug-likeness (QED) is 0.0480. The summed E-state index contributed by atoms with van der Waals surface area (Å²) in [5.41, 5.74) is 2.93. The number of ketones is 1. The van der Waals surface area contributed by atoms with Gasteiger partial charge < -0.3 is 35.8 Å². The van der Waals surface area contributed by atoms with E-state index in [-0.39, 0.29) is 39.6 Å². The SMILES string of the molecule is CNc1ccc(Oc2ccc(Oc3ccc(NC(=O)c4cccc(C(=O)Nc5ccc(O)c(NC(=O)c6cccc(C(C)=O)c6)c5)c4)cc3)cc2)cc1. The van der Waals surface area contributed by atoms with E-state index in [4.69, 9.17) is 9.47 Å². The molecule has 11 heteroatoms. The number of carbonyl (C=O) groups is 4. The molecular weight excluding hydrogens is 672 g/mol. The second kappa shape index (κ2) is 16.1. The van der Waals surface area contributed by atoms with Crippen molar-refractivity contribution in [3.05, 3.63) is 162 Å². The topological polar surface area (TPSA) is 155 Å². The van der Waals surface area contributed by atoms with Gasteiger partial charge in [-0.15, -0.1) is 0 Å². The number of hydrogen-bond donors (Lipinski definition) is 5. The number of benzene rings is 6. The molecule has 0 saturated carbocycles. The Balaban J connectivity index is 1.03. The summed E-state index contributed by atoms with van der Waals surface area (Å²) in [6.07, 6.45) is 0. The van der Waals surface area contributed by atoms with E-state index < -0.39 is 17.7 Å². The van der Waals surface area contributed by atoms with Crippen LogP contribution in [0.15, 0.2) is 140 Å². The van der Waals surface area contributed by atoms with Crippen molar-refractivity contribution in [1.82, 2.24) is 0 Å². The van der Waals surface area contributed by atoms with E-state index in [1.807, 2.05) is 43.4 Å². The van der Waals surface area contributed by atoms with Crippen LogP contribution in [0.1, 0.15) is 48.4 Å². The number of amides is 3. The Morgan fingerprint density at radius 2 is 0.868 bits per heavy atom. The fourth-order valence-electron chi connectivity index (χ4n) is 5.14. The Morgan fingerprint density at radius 1 is 0.472 bits per heavy atom. The highest BCUT2D eigenvalue weighted by Crippen LogP contribution is 2.30. The second-order valence-corrected chi connectivity index (χ2v) is 11.8. The Labute approximate surface area is 305 Å². The van der Waals surface area contributed by atoms with Gasteiger partial charge in [-0.3, -0.25) is 19.2 Å². The average Bonchev–Trinajstić information content (AvgIpc) is 3.18. The van der Waals surface area contributed by atoms with Gasteiger partial charge in [0.1, 0.15) is 28.7 Å². The van der Waals surface area contributed by atoms with Crippen molar-refractivity contribution in [1.29, 1.82) is 0 Å². The van der Waals surface area contributed by atoms with E-state index in [9.17, 15) is 24.3 Å². The first-order chi connectivity index (χ1) is 25.6. The molecule has 6 aromatic rings. The highest BCUT2D eigenvalue weighted by Gasteiger charge is 2.15. The Kier molecular flexibility index (Phi) is 10.8. The molecule has 0 bridgehead atoms. The molecule has 0 aliphatic rings. The summed E-state index contributed by atoms with van der Waals surface area (Å²) in [5, 5.41) is 21.6. The third-order valence-corrected chi connectivity index (χ3v) is 7.97. The van der Waals surface area contributed by atoms with Crippen LogP contribution >= 0.6 is 0 Å². The molecule has 6 rings (SSSR count). The molecule has 11 nitrogen and oxygen atoms in total.